The summed E-state index contributed by atoms with van der Waals surface area (Å²) in [5, 5.41) is 0. The summed E-state index contributed by atoms with van der Waals surface area (Å²) in [4.78, 5) is 0.791. The van der Waals surface area contributed by atoms with E-state index in [-0.39, 0.29) is 0 Å². The molecule has 1 nitrogen and oxygen atoms in total. The Labute approximate surface area is 78.5 Å². The first kappa shape index (κ1) is 9.36. The molecular weight excluding hydrogens is 168 g/mol. The van der Waals surface area contributed by atoms with Gasteiger partial charge in [0.1, 0.15) is 0 Å². The number of benzene rings is 1. The van der Waals surface area contributed by atoms with Gasteiger partial charge in [0.05, 0.1) is 6.61 Å². The number of hydrogen-bond donors (Lipinski definition) is 1. The second kappa shape index (κ2) is 4.33. The second-order valence-corrected chi connectivity index (χ2v) is 3.12. The first-order valence-corrected chi connectivity index (χ1v) is 4.15. The van der Waals surface area contributed by atoms with Crippen LogP contribution in [0.1, 0.15) is 11.1 Å². The van der Waals surface area contributed by atoms with Crippen molar-refractivity contribution in [1.82, 2.24) is 0 Å². The molecule has 1 aromatic rings. The Morgan fingerprint density at radius 1 is 1.42 bits per heavy atom. The average molecular weight is 180 g/mol. The van der Waals surface area contributed by atoms with Crippen LogP contribution in [-0.4, -0.2) is 7.11 Å². The fourth-order valence-electron chi connectivity index (χ4n) is 0.960. The van der Waals surface area contributed by atoms with Crippen molar-refractivity contribution in [2.75, 3.05) is 7.11 Å². The smallest absolute Gasteiger partial charge is 0.0713 e. The minimum absolute atomic E-state index is 0.652. The predicted octanol–water partition coefficient (Wildman–Crippen LogP) is 2.73. The van der Waals surface area contributed by atoms with Gasteiger partial charge < -0.3 is 4.74 Å². The lowest BCUT2D eigenvalue weighted by molar-refractivity contribution is 0.185. The van der Waals surface area contributed by atoms with Crippen LogP contribution in [0.25, 0.3) is 4.91 Å². The summed E-state index contributed by atoms with van der Waals surface area (Å²) < 4.78 is 4.99. The van der Waals surface area contributed by atoms with Crippen LogP contribution in [0.3, 0.4) is 0 Å². The Morgan fingerprint density at radius 3 is 2.42 bits per heavy atom. The molecule has 0 spiro atoms. The van der Waals surface area contributed by atoms with E-state index < -0.39 is 0 Å². The molecule has 0 fully saturated rings. The maximum atomic E-state index is 4.99. The fraction of sp³-hybridized carbons (Fsp3) is 0.200. The van der Waals surface area contributed by atoms with Gasteiger partial charge in [-0.1, -0.05) is 30.8 Å². The summed E-state index contributed by atoms with van der Waals surface area (Å²) in [6.07, 6.45) is 0. The highest BCUT2D eigenvalue weighted by Crippen LogP contribution is 2.16. The Balaban J connectivity index is 2.78. The van der Waals surface area contributed by atoms with Gasteiger partial charge in [-0.2, -0.15) is 0 Å². The molecule has 64 valence electrons. The topological polar surface area (TPSA) is 9.23 Å². The van der Waals surface area contributed by atoms with Gasteiger partial charge >= 0.3 is 0 Å². The van der Waals surface area contributed by atoms with E-state index in [0.29, 0.717) is 6.61 Å². The molecule has 0 saturated carbocycles. The van der Waals surface area contributed by atoms with Gasteiger partial charge in [-0.25, -0.2) is 0 Å². The summed E-state index contributed by atoms with van der Waals surface area (Å²) in [5.41, 5.74) is 2.22. The van der Waals surface area contributed by atoms with Gasteiger partial charge in [0.25, 0.3) is 0 Å². The molecule has 0 aliphatic heterocycles. The molecule has 0 aliphatic carbocycles. The van der Waals surface area contributed by atoms with Crippen molar-refractivity contribution >= 4 is 17.5 Å². The van der Waals surface area contributed by atoms with Crippen molar-refractivity contribution < 1.29 is 4.74 Å². The van der Waals surface area contributed by atoms with Crippen LogP contribution in [0.4, 0.5) is 0 Å². The van der Waals surface area contributed by atoms with Gasteiger partial charge in [0.2, 0.25) is 0 Å². The van der Waals surface area contributed by atoms with Crippen LogP contribution in [0, 0.1) is 0 Å². The molecule has 1 rings (SSSR count). The van der Waals surface area contributed by atoms with E-state index in [1.54, 1.807) is 7.11 Å². The number of methoxy groups -OCH3 is 1. The molecule has 0 atom stereocenters. The lowest BCUT2D eigenvalue weighted by Crippen LogP contribution is -1.86. The average Bonchev–Trinajstić information content (AvgIpc) is 2.06. The summed E-state index contributed by atoms with van der Waals surface area (Å²) in [6.45, 7) is 4.39. The fourth-order valence-corrected chi connectivity index (χ4v) is 1.11. The van der Waals surface area contributed by atoms with E-state index >= 15 is 0 Å². The van der Waals surface area contributed by atoms with Gasteiger partial charge in [0.15, 0.2) is 0 Å². The van der Waals surface area contributed by atoms with Crippen molar-refractivity contribution in [2.24, 2.45) is 0 Å². The zero-order valence-corrected chi connectivity index (χ0v) is 7.97. The lowest BCUT2D eigenvalue weighted by atomic mass is 10.1. The minimum Gasteiger partial charge on any atom is -0.380 e. The molecule has 0 saturated heterocycles. The van der Waals surface area contributed by atoms with E-state index in [1.807, 2.05) is 24.3 Å². The van der Waals surface area contributed by atoms with Crippen LogP contribution in [0.15, 0.2) is 30.8 Å². The normalized spacial score (nSPS) is 9.83. The monoisotopic (exact) mass is 180 g/mol. The van der Waals surface area contributed by atoms with Gasteiger partial charge in [0, 0.05) is 12.0 Å². The first-order chi connectivity index (χ1) is 5.74. The molecule has 0 aromatic heterocycles. The standard InChI is InChI=1S/C10H12OS/c1-8(12)10-5-3-9(4-6-10)7-11-2/h3-6,12H,1,7H2,2H3. The predicted molar refractivity (Wildman–Crippen MR) is 55.2 cm³/mol. The number of rotatable bonds is 3. The third-order valence-corrected chi connectivity index (χ3v) is 1.86. The van der Waals surface area contributed by atoms with Gasteiger partial charge in [-0.15, -0.1) is 12.6 Å². The third-order valence-electron chi connectivity index (χ3n) is 1.60. The number of ether oxygens (including phenoxy) is 1. The van der Waals surface area contributed by atoms with Crippen LogP contribution >= 0.6 is 12.6 Å². The van der Waals surface area contributed by atoms with Crippen LogP contribution < -0.4 is 0 Å². The molecule has 0 aliphatic rings. The largest absolute Gasteiger partial charge is 0.380 e. The highest BCUT2D eigenvalue weighted by molar-refractivity contribution is 7.90. The Bertz CT molecular complexity index is 264. The Kier molecular flexibility index (Phi) is 3.38. The molecule has 0 amide bonds. The van der Waals surface area contributed by atoms with E-state index in [4.69, 9.17) is 4.74 Å². The third kappa shape index (κ3) is 2.40. The Morgan fingerprint density at radius 2 is 2.00 bits per heavy atom. The summed E-state index contributed by atoms with van der Waals surface area (Å²) in [5.74, 6) is 0. The SMILES string of the molecule is C=C(S)c1ccc(COC)cc1. The van der Waals surface area contributed by atoms with Crippen molar-refractivity contribution in [1.29, 1.82) is 0 Å². The van der Waals surface area contributed by atoms with Crippen LogP contribution in [-0.2, 0) is 11.3 Å². The molecule has 12 heavy (non-hydrogen) atoms. The van der Waals surface area contributed by atoms with Crippen LogP contribution in [0.2, 0.25) is 0 Å². The quantitative estimate of drug-likeness (QED) is 0.704. The molecule has 2 heteroatoms. The molecule has 0 radical (unpaired) electrons. The number of hydrogen-bond acceptors (Lipinski definition) is 2. The van der Waals surface area contributed by atoms with Gasteiger partial charge in [-0.3, -0.25) is 0 Å². The first-order valence-electron chi connectivity index (χ1n) is 3.70. The summed E-state index contributed by atoms with van der Waals surface area (Å²) in [7, 11) is 1.69. The van der Waals surface area contributed by atoms with Crippen molar-refractivity contribution in [3.8, 4) is 0 Å². The minimum atomic E-state index is 0.652. The van der Waals surface area contributed by atoms with Crippen molar-refractivity contribution in [3.05, 3.63) is 42.0 Å². The number of thiol groups is 1. The van der Waals surface area contributed by atoms with Crippen molar-refractivity contribution in [2.45, 2.75) is 6.61 Å². The van der Waals surface area contributed by atoms with E-state index in [1.165, 1.54) is 0 Å². The maximum absolute atomic E-state index is 4.99. The van der Waals surface area contributed by atoms with E-state index in [2.05, 4.69) is 19.2 Å². The molecule has 1 aromatic carbocycles. The molecule has 0 bridgehead atoms. The van der Waals surface area contributed by atoms with E-state index in [0.717, 1.165) is 16.0 Å². The van der Waals surface area contributed by atoms with Crippen LogP contribution in [0.5, 0.6) is 0 Å². The lowest BCUT2D eigenvalue weighted by Gasteiger charge is -2.01. The zero-order chi connectivity index (χ0) is 8.97. The molecular formula is C10H12OS. The molecule has 0 heterocycles. The summed E-state index contributed by atoms with van der Waals surface area (Å²) in [6, 6.07) is 8.01. The second-order valence-electron chi connectivity index (χ2n) is 2.58. The molecule has 0 unspecified atom stereocenters. The summed E-state index contributed by atoms with van der Waals surface area (Å²) >= 11 is 4.15. The maximum Gasteiger partial charge on any atom is 0.0713 e. The Hall–Kier alpha value is -0.730. The van der Waals surface area contributed by atoms with Crippen molar-refractivity contribution in [3.63, 3.8) is 0 Å². The molecule has 0 N–H and O–H groups in total. The van der Waals surface area contributed by atoms with Gasteiger partial charge in [-0.05, 0) is 11.1 Å². The highest BCUT2D eigenvalue weighted by atomic mass is 32.1. The van der Waals surface area contributed by atoms with E-state index in [9.17, 15) is 0 Å². The zero-order valence-electron chi connectivity index (χ0n) is 7.08. The highest BCUT2D eigenvalue weighted by Gasteiger charge is 1.94.